The molecule has 2 nitrogen and oxygen atoms in total. The molecule has 0 fully saturated rings. The van der Waals surface area contributed by atoms with Crippen LogP contribution in [0, 0.1) is 0 Å². The van der Waals surface area contributed by atoms with Crippen LogP contribution in [-0.2, 0) is 0 Å². The minimum absolute atomic E-state index is 1.10. The zero-order valence-electron chi connectivity index (χ0n) is 27.8. The third kappa shape index (κ3) is 4.29. The van der Waals surface area contributed by atoms with Crippen molar-refractivity contribution >= 4 is 106 Å². The standard InChI is InChI=1S/C46H28N2S4/c1-5-15-37-33(11-1)47(34-12-2-6-16-38(34)49-37)27-20-22-29-32-26-44-45(31-10-9-19-41(46(31)32)51-42(29)24-27)30-23-21-28(25-43(30)52-44)48-35-13-3-7-17-39(35)50-40-18-8-4-14-36(40)48/h1-7,9-17,19-26H,8,18H2. The largest absolute Gasteiger partial charge is 0.309 e. The van der Waals surface area contributed by atoms with Gasteiger partial charge in [-0.25, -0.2) is 0 Å². The first-order valence-electron chi connectivity index (χ1n) is 17.6. The van der Waals surface area contributed by atoms with E-state index in [2.05, 4.69) is 155 Å². The van der Waals surface area contributed by atoms with Crippen molar-refractivity contribution in [3.05, 3.63) is 156 Å². The van der Waals surface area contributed by atoms with Crippen LogP contribution in [0.3, 0.4) is 0 Å². The highest BCUT2D eigenvalue weighted by atomic mass is 32.2. The monoisotopic (exact) mass is 736 g/mol. The normalized spacial score (nSPS) is 15.5. The van der Waals surface area contributed by atoms with Crippen molar-refractivity contribution in [1.82, 2.24) is 0 Å². The third-order valence-corrected chi connectivity index (χ3v) is 15.2. The van der Waals surface area contributed by atoms with Crippen molar-refractivity contribution in [1.29, 1.82) is 0 Å². The van der Waals surface area contributed by atoms with E-state index in [4.69, 9.17) is 0 Å². The van der Waals surface area contributed by atoms with Crippen LogP contribution in [0.25, 0.3) is 42.1 Å². The van der Waals surface area contributed by atoms with Gasteiger partial charge in [0.1, 0.15) is 0 Å². The molecule has 0 saturated carbocycles. The molecule has 52 heavy (non-hydrogen) atoms. The Hall–Kier alpha value is -4.85. The van der Waals surface area contributed by atoms with Gasteiger partial charge in [-0.1, -0.05) is 102 Å². The summed E-state index contributed by atoms with van der Waals surface area (Å²) in [4.78, 5) is 12.9. The molecular weight excluding hydrogens is 709 g/mol. The molecule has 0 spiro atoms. The Morgan fingerprint density at radius 1 is 0.462 bits per heavy atom. The van der Waals surface area contributed by atoms with Gasteiger partial charge in [-0.2, -0.15) is 0 Å². The average molecular weight is 737 g/mol. The fourth-order valence-electron chi connectivity index (χ4n) is 8.40. The second-order valence-electron chi connectivity index (χ2n) is 13.6. The number of thiophene rings is 1. The molecule has 0 radical (unpaired) electrons. The molecule has 4 heterocycles. The Bertz CT molecular complexity index is 2870. The summed E-state index contributed by atoms with van der Waals surface area (Å²) in [5.41, 5.74) is 10.1. The Kier molecular flexibility index (Phi) is 6.47. The van der Waals surface area contributed by atoms with E-state index in [0.717, 1.165) is 12.8 Å². The molecule has 0 N–H and O–H groups in total. The Morgan fingerprint density at radius 2 is 1.13 bits per heavy atom. The number of thioether (sulfide) groups is 1. The maximum atomic E-state index is 2.48. The van der Waals surface area contributed by atoms with Gasteiger partial charge in [-0.05, 0) is 108 Å². The second-order valence-corrected chi connectivity index (χ2v) is 18.0. The lowest BCUT2D eigenvalue weighted by atomic mass is 9.94. The smallest absolute Gasteiger partial charge is 0.0601 e. The second kappa shape index (κ2) is 11.3. The van der Waals surface area contributed by atoms with E-state index in [9.17, 15) is 0 Å². The molecule has 0 unspecified atom stereocenters. The van der Waals surface area contributed by atoms with Crippen molar-refractivity contribution < 1.29 is 0 Å². The summed E-state index contributed by atoms with van der Waals surface area (Å²) in [6.07, 6.45) is 6.86. The number of allylic oxidation sites excluding steroid dienone is 3. The summed E-state index contributed by atoms with van der Waals surface area (Å²) < 4.78 is 2.67. The van der Waals surface area contributed by atoms with Gasteiger partial charge in [0.05, 0.1) is 22.8 Å². The van der Waals surface area contributed by atoms with E-state index in [-0.39, 0.29) is 0 Å². The van der Waals surface area contributed by atoms with Crippen molar-refractivity contribution in [2.75, 3.05) is 9.80 Å². The van der Waals surface area contributed by atoms with Crippen molar-refractivity contribution in [2.45, 2.75) is 37.3 Å². The first kappa shape index (κ1) is 29.7. The van der Waals surface area contributed by atoms with Gasteiger partial charge in [0, 0.05) is 66.3 Å². The Labute approximate surface area is 318 Å². The van der Waals surface area contributed by atoms with Crippen LogP contribution in [0.15, 0.2) is 181 Å². The van der Waals surface area contributed by atoms with Crippen molar-refractivity contribution in [2.24, 2.45) is 0 Å². The molecule has 1 aliphatic carbocycles. The number of hydrogen-bond acceptors (Lipinski definition) is 6. The average Bonchev–Trinajstić information content (AvgIpc) is 3.56. The number of rotatable bonds is 2. The van der Waals surface area contributed by atoms with E-state index in [0.29, 0.717) is 0 Å². The quantitative estimate of drug-likeness (QED) is 0.174. The summed E-state index contributed by atoms with van der Waals surface area (Å²) in [6.45, 7) is 0. The van der Waals surface area contributed by atoms with Crippen molar-refractivity contribution in [3.8, 4) is 11.1 Å². The SMILES string of the molecule is C1=CC2=C(CC1)Sc1ccccc1N2c1ccc2c(c1)sc1cc3c4c(cccc4c12)Sc1cc(N2c4ccccc4Sc4ccccc42)ccc1-3. The van der Waals surface area contributed by atoms with Crippen LogP contribution in [0.5, 0.6) is 0 Å². The lowest BCUT2D eigenvalue weighted by molar-refractivity contribution is 0.969. The molecule has 0 saturated heterocycles. The summed E-state index contributed by atoms with van der Waals surface area (Å²) in [6, 6.07) is 50.0. The number of hydrogen-bond donors (Lipinski definition) is 0. The summed E-state index contributed by atoms with van der Waals surface area (Å²) >= 11 is 7.63. The van der Waals surface area contributed by atoms with E-state index >= 15 is 0 Å². The predicted molar refractivity (Wildman–Crippen MR) is 225 cm³/mol. The van der Waals surface area contributed by atoms with Crippen LogP contribution in [0.2, 0.25) is 0 Å². The van der Waals surface area contributed by atoms with Gasteiger partial charge in [0.15, 0.2) is 0 Å². The van der Waals surface area contributed by atoms with Crippen molar-refractivity contribution in [3.63, 3.8) is 0 Å². The fourth-order valence-corrected chi connectivity index (χ4v) is 13.0. The molecule has 3 aliphatic heterocycles. The van der Waals surface area contributed by atoms with Gasteiger partial charge in [0.2, 0.25) is 0 Å². The number of benzene rings is 7. The zero-order chi connectivity index (χ0) is 33.9. The number of nitrogens with zero attached hydrogens (tertiary/aromatic N) is 2. The molecule has 8 aromatic rings. The molecule has 246 valence electrons. The molecule has 4 aliphatic rings. The van der Waals surface area contributed by atoms with Gasteiger partial charge in [-0.15, -0.1) is 11.3 Å². The van der Waals surface area contributed by atoms with Crippen LogP contribution in [-0.4, -0.2) is 0 Å². The first-order chi connectivity index (χ1) is 25.8. The number of anilines is 5. The van der Waals surface area contributed by atoms with Crippen LogP contribution >= 0.6 is 46.6 Å². The predicted octanol–water partition coefficient (Wildman–Crippen LogP) is 15.1. The minimum atomic E-state index is 1.10. The van der Waals surface area contributed by atoms with Gasteiger partial charge < -0.3 is 9.80 Å². The van der Waals surface area contributed by atoms with Crippen LogP contribution in [0.1, 0.15) is 12.8 Å². The maximum Gasteiger partial charge on any atom is 0.0601 e. The highest BCUT2D eigenvalue weighted by Gasteiger charge is 2.29. The lowest BCUT2D eigenvalue weighted by Gasteiger charge is -2.35. The lowest BCUT2D eigenvalue weighted by Crippen LogP contribution is -2.21. The fraction of sp³-hybridized carbons (Fsp3) is 0.0435. The third-order valence-electron chi connectivity index (χ3n) is 10.6. The van der Waals surface area contributed by atoms with Crippen LogP contribution < -0.4 is 9.80 Å². The molecule has 0 bridgehead atoms. The zero-order valence-corrected chi connectivity index (χ0v) is 31.1. The van der Waals surface area contributed by atoms with E-state index in [1.807, 2.05) is 46.6 Å². The number of fused-ring (bicyclic) bond motifs is 9. The summed E-state index contributed by atoms with van der Waals surface area (Å²) in [5, 5.41) is 5.44. The summed E-state index contributed by atoms with van der Waals surface area (Å²) in [7, 11) is 0. The molecule has 0 amide bonds. The molecule has 12 rings (SSSR count). The molecular formula is C46H28N2S4. The molecule has 6 heteroatoms. The van der Waals surface area contributed by atoms with E-state index in [1.165, 1.54) is 106 Å². The van der Waals surface area contributed by atoms with E-state index in [1.54, 1.807) is 0 Å². The number of para-hydroxylation sites is 3. The highest BCUT2D eigenvalue weighted by Crippen LogP contribution is 2.56. The van der Waals surface area contributed by atoms with Gasteiger partial charge in [0.25, 0.3) is 0 Å². The van der Waals surface area contributed by atoms with Gasteiger partial charge >= 0.3 is 0 Å². The highest BCUT2D eigenvalue weighted by molar-refractivity contribution is 8.03. The minimum Gasteiger partial charge on any atom is -0.309 e. The molecule has 1 aromatic heterocycles. The topological polar surface area (TPSA) is 6.48 Å². The van der Waals surface area contributed by atoms with Gasteiger partial charge in [-0.3, -0.25) is 0 Å². The molecule has 0 atom stereocenters. The summed E-state index contributed by atoms with van der Waals surface area (Å²) in [5.74, 6) is 0. The van der Waals surface area contributed by atoms with Crippen LogP contribution in [0.4, 0.5) is 28.4 Å². The maximum absolute atomic E-state index is 2.48. The van der Waals surface area contributed by atoms with E-state index < -0.39 is 0 Å². The molecule has 7 aromatic carbocycles. The first-order valence-corrected chi connectivity index (χ1v) is 20.9. The Morgan fingerprint density at radius 3 is 1.94 bits per heavy atom. The Balaban J connectivity index is 1.02.